The third-order valence-corrected chi connectivity index (χ3v) is 1.56. The van der Waals surface area contributed by atoms with Crippen molar-refractivity contribution in [1.29, 1.82) is 0 Å². The number of carbonyl (C=O) groups excluding carboxylic acids is 1. The van der Waals surface area contributed by atoms with Gasteiger partial charge in [-0.3, -0.25) is 4.79 Å². The number of halogens is 2. The molecular weight excluding hydrogens is 215 g/mol. The molecule has 1 rings (SSSR count). The summed E-state index contributed by atoms with van der Waals surface area (Å²) in [7, 11) is 0. The molecule has 0 heterocycles. The summed E-state index contributed by atoms with van der Waals surface area (Å²) in [6.45, 7) is 0.185. The highest BCUT2D eigenvalue weighted by atomic mass is 79.9. The zero-order chi connectivity index (χ0) is 8.27. The number of rotatable bonds is 2. The molecule has 0 amide bonds. The Morgan fingerprint density at radius 3 is 2.91 bits per heavy atom. The molecule has 0 fully saturated rings. The molecule has 0 aromatic heterocycles. The lowest BCUT2D eigenvalue weighted by molar-refractivity contribution is -0.120. The van der Waals surface area contributed by atoms with Crippen molar-refractivity contribution in [3.63, 3.8) is 0 Å². The molecule has 0 atom stereocenters. The Labute approximate surface area is 71.1 Å². The molecule has 1 aromatic carbocycles. The van der Waals surface area contributed by atoms with Crippen LogP contribution in [-0.4, -0.2) is 6.47 Å². The summed E-state index contributed by atoms with van der Waals surface area (Å²) in [6, 6.07) is 4.11. The van der Waals surface area contributed by atoms with Crippen molar-refractivity contribution >= 4 is 22.4 Å². The number of benzene rings is 1. The van der Waals surface area contributed by atoms with Crippen LogP contribution in [0.15, 0.2) is 22.7 Å². The maximum Gasteiger partial charge on any atom is 0.298 e. The van der Waals surface area contributed by atoms with E-state index in [1.807, 2.05) is 0 Å². The summed E-state index contributed by atoms with van der Waals surface area (Å²) in [6.07, 6.45) is 0. The van der Waals surface area contributed by atoms with Crippen molar-refractivity contribution in [3.05, 3.63) is 28.5 Å². The molecular formula is C7H4BrFO2. The summed E-state index contributed by atoms with van der Waals surface area (Å²) < 4.78 is 17.6. The highest BCUT2D eigenvalue weighted by Gasteiger charge is 2.01. The second-order valence-corrected chi connectivity index (χ2v) is 2.70. The fraction of sp³-hybridized carbons (Fsp3) is 0. The number of hydrogen-bond donors (Lipinski definition) is 0. The lowest BCUT2D eigenvalue weighted by Crippen LogP contribution is -1.91. The van der Waals surface area contributed by atoms with Gasteiger partial charge in [-0.25, -0.2) is 4.39 Å². The third kappa shape index (κ3) is 2.01. The summed E-state index contributed by atoms with van der Waals surface area (Å²) in [5.74, 6) is -0.630. The maximum absolute atomic E-state index is 12.7. The Bertz CT molecular complexity index is 275. The van der Waals surface area contributed by atoms with Crippen LogP contribution in [0.4, 0.5) is 4.39 Å². The van der Waals surface area contributed by atoms with E-state index in [2.05, 4.69) is 20.7 Å². The van der Waals surface area contributed by atoms with E-state index in [-0.39, 0.29) is 12.2 Å². The fourth-order valence-electron chi connectivity index (χ4n) is 0.619. The summed E-state index contributed by atoms with van der Waals surface area (Å²) in [5.41, 5.74) is 0. The second-order valence-electron chi connectivity index (χ2n) is 1.79. The van der Waals surface area contributed by atoms with Gasteiger partial charge in [0.2, 0.25) is 0 Å². The molecule has 0 spiro atoms. The minimum atomic E-state index is -0.555. The smallest absolute Gasteiger partial charge is 0.298 e. The minimum Gasteiger partial charge on any atom is -0.426 e. The first kappa shape index (κ1) is 8.20. The van der Waals surface area contributed by atoms with Gasteiger partial charge in [0, 0.05) is 4.47 Å². The Morgan fingerprint density at radius 2 is 2.27 bits per heavy atom. The van der Waals surface area contributed by atoms with E-state index < -0.39 is 5.82 Å². The van der Waals surface area contributed by atoms with E-state index in [9.17, 15) is 9.18 Å². The second kappa shape index (κ2) is 3.48. The molecule has 0 unspecified atom stereocenters. The van der Waals surface area contributed by atoms with Crippen molar-refractivity contribution < 1.29 is 13.9 Å². The maximum atomic E-state index is 12.7. The summed E-state index contributed by atoms with van der Waals surface area (Å²) >= 11 is 3.10. The number of hydrogen-bond acceptors (Lipinski definition) is 2. The van der Waals surface area contributed by atoms with Gasteiger partial charge in [-0.2, -0.15) is 0 Å². The molecule has 2 nitrogen and oxygen atoms in total. The van der Waals surface area contributed by atoms with Crippen LogP contribution in [-0.2, 0) is 4.79 Å². The van der Waals surface area contributed by atoms with Crippen LogP contribution in [0.3, 0.4) is 0 Å². The molecule has 58 valence electrons. The normalized spacial score (nSPS) is 9.27. The predicted molar refractivity (Wildman–Crippen MR) is 40.8 cm³/mol. The molecule has 0 bridgehead atoms. The molecule has 0 saturated heterocycles. The highest BCUT2D eigenvalue weighted by Crippen LogP contribution is 2.21. The Balaban J connectivity index is 3.01. The van der Waals surface area contributed by atoms with Crippen molar-refractivity contribution in [2.45, 2.75) is 0 Å². The summed E-state index contributed by atoms with van der Waals surface area (Å²) in [5, 5.41) is 0. The molecule has 0 radical (unpaired) electrons. The van der Waals surface area contributed by atoms with Crippen LogP contribution in [0.2, 0.25) is 0 Å². The fourth-order valence-corrected chi connectivity index (χ4v) is 0.959. The number of carbonyl (C=O) groups is 1. The van der Waals surface area contributed by atoms with E-state index in [4.69, 9.17) is 0 Å². The topological polar surface area (TPSA) is 26.3 Å². The van der Waals surface area contributed by atoms with E-state index in [1.54, 1.807) is 0 Å². The van der Waals surface area contributed by atoms with Crippen molar-refractivity contribution in [1.82, 2.24) is 0 Å². The Hall–Kier alpha value is -0.900. The highest BCUT2D eigenvalue weighted by molar-refractivity contribution is 9.10. The number of ether oxygens (including phenoxy) is 1. The summed E-state index contributed by atoms with van der Waals surface area (Å²) in [4.78, 5) is 9.83. The van der Waals surface area contributed by atoms with Crippen LogP contribution >= 0.6 is 15.9 Å². The lowest BCUT2D eigenvalue weighted by atomic mass is 10.3. The molecule has 11 heavy (non-hydrogen) atoms. The average molecular weight is 219 g/mol. The van der Waals surface area contributed by atoms with E-state index in [0.717, 1.165) is 0 Å². The standard InChI is InChI=1S/C7H4BrFO2/c8-5-1-2-6(9)7(3-5)11-4-10/h1-4H. The molecule has 4 heteroatoms. The van der Waals surface area contributed by atoms with Crippen LogP contribution in [0, 0.1) is 5.82 Å². The van der Waals surface area contributed by atoms with Crippen LogP contribution < -0.4 is 4.74 Å². The Morgan fingerprint density at radius 1 is 1.55 bits per heavy atom. The molecule has 0 aliphatic rings. The predicted octanol–water partition coefficient (Wildman–Crippen LogP) is 2.12. The van der Waals surface area contributed by atoms with Gasteiger partial charge in [-0.1, -0.05) is 15.9 Å². The van der Waals surface area contributed by atoms with Crippen molar-refractivity contribution in [2.24, 2.45) is 0 Å². The van der Waals surface area contributed by atoms with Crippen LogP contribution in [0.1, 0.15) is 0 Å². The molecule has 1 aromatic rings. The third-order valence-electron chi connectivity index (χ3n) is 1.07. The zero-order valence-corrected chi connectivity index (χ0v) is 6.97. The van der Waals surface area contributed by atoms with Crippen molar-refractivity contribution in [3.8, 4) is 5.75 Å². The first-order valence-electron chi connectivity index (χ1n) is 2.79. The largest absolute Gasteiger partial charge is 0.426 e. The molecule has 0 saturated carbocycles. The van der Waals surface area contributed by atoms with E-state index in [0.29, 0.717) is 4.47 Å². The van der Waals surface area contributed by atoms with Crippen molar-refractivity contribution in [2.75, 3.05) is 0 Å². The van der Waals surface area contributed by atoms with Gasteiger partial charge in [-0.15, -0.1) is 0 Å². The van der Waals surface area contributed by atoms with Gasteiger partial charge in [0.25, 0.3) is 6.47 Å². The molecule has 0 aliphatic heterocycles. The first-order valence-corrected chi connectivity index (χ1v) is 3.58. The van der Waals surface area contributed by atoms with Gasteiger partial charge in [0.15, 0.2) is 11.6 Å². The SMILES string of the molecule is O=COc1cc(Br)ccc1F. The molecule has 0 aliphatic carbocycles. The van der Waals surface area contributed by atoms with Gasteiger partial charge in [0.1, 0.15) is 0 Å². The van der Waals surface area contributed by atoms with Gasteiger partial charge in [0.05, 0.1) is 0 Å². The lowest BCUT2D eigenvalue weighted by Gasteiger charge is -1.98. The van der Waals surface area contributed by atoms with Crippen LogP contribution in [0.5, 0.6) is 5.75 Å². The quantitative estimate of drug-likeness (QED) is 0.712. The van der Waals surface area contributed by atoms with Gasteiger partial charge < -0.3 is 4.74 Å². The molecule has 0 N–H and O–H groups in total. The van der Waals surface area contributed by atoms with Gasteiger partial charge in [-0.05, 0) is 18.2 Å². The Kier molecular flexibility index (Phi) is 2.59. The monoisotopic (exact) mass is 218 g/mol. The minimum absolute atomic E-state index is 0.0747. The zero-order valence-electron chi connectivity index (χ0n) is 5.38. The van der Waals surface area contributed by atoms with E-state index in [1.165, 1.54) is 18.2 Å². The van der Waals surface area contributed by atoms with E-state index >= 15 is 0 Å². The first-order chi connectivity index (χ1) is 5.24. The van der Waals surface area contributed by atoms with Crippen LogP contribution in [0.25, 0.3) is 0 Å². The average Bonchev–Trinajstić information content (AvgIpc) is 1.98. The van der Waals surface area contributed by atoms with Gasteiger partial charge >= 0.3 is 0 Å².